The van der Waals surface area contributed by atoms with E-state index in [1.54, 1.807) is 0 Å². The van der Waals surface area contributed by atoms with Crippen LogP contribution in [0.1, 0.15) is 26.7 Å². The van der Waals surface area contributed by atoms with Gasteiger partial charge in [0.15, 0.2) is 0 Å². The lowest BCUT2D eigenvalue weighted by Gasteiger charge is -2.19. The summed E-state index contributed by atoms with van der Waals surface area (Å²) in [6, 6.07) is 19.6. The van der Waals surface area contributed by atoms with Crippen LogP contribution >= 0.6 is 78.9 Å². The molecule has 0 amide bonds. The Morgan fingerprint density at radius 1 is 0.550 bits per heavy atom. The number of hydrogen-bond acceptors (Lipinski definition) is 8. The van der Waals surface area contributed by atoms with Gasteiger partial charge in [0.2, 0.25) is 0 Å². The maximum atomic E-state index is 11.5. The first-order valence-corrected chi connectivity index (χ1v) is 17.5. The monoisotopic (exact) mass is 736 g/mol. The first-order chi connectivity index (χ1) is 19.4. The molecule has 0 saturated heterocycles. The highest BCUT2D eigenvalue weighted by Gasteiger charge is 2.22. The number of phenolic OH excluding ortho intramolecular Hbond substituents is 2. The maximum absolute atomic E-state index is 11.5. The lowest BCUT2D eigenvalue weighted by molar-refractivity contribution is 0.302. The molecule has 0 fully saturated rings. The van der Waals surface area contributed by atoms with Gasteiger partial charge in [-0.2, -0.15) is 0 Å². The SMILES string of the molecule is CCCOc1c2cccc1Sc1cc(Br)cc(c1O)Sc1cccc(c1OCCC)Sc1cc(Br)cc(c1O)S2. The van der Waals surface area contributed by atoms with Crippen molar-refractivity contribution in [1.29, 1.82) is 0 Å². The second-order valence-electron chi connectivity index (χ2n) is 8.77. The number of halogens is 2. The molecular formula is C30H26Br2O4S4. The predicted octanol–water partition coefficient (Wildman–Crippen LogP) is 11.1. The molecule has 0 saturated carbocycles. The highest BCUT2D eigenvalue weighted by Crippen LogP contribution is 2.53. The van der Waals surface area contributed by atoms with Gasteiger partial charge in [-0.05, 0) is 61.4 Å². The van der Waals surface area contributed by atoms with Crippen molar-refractivity contribution >= 4 is 78.9 Å². The highest BCUT2D eigenvalue weighted by atomic mass is 79.9. The zero-order valence-electron chi connectivity index (χ0n) is 21.7. The molecule has 0 aliphatic carbocycles. The lowest BCUT2D eigenvalue weighted by atomic mass is 10.3. The predicted molar refractivity (Wildman–Crippen MR) is 173 cm³/mol. The summed E-state index contributed by atoms with van der Waals surface area (Å²) in [4.78, 5) is 6.37. The van der Waals surface area contributed by atoms with E-state index in [0.29, 0.717) is 32.8 Å². The maximum Gasteiger partial charge on any atom is 0.147 e. The Labute approximate surface area is 268 Å². The van der Waals surface area contributed by atoms with Crippen molar-refractivity contribution in [3.63, 3.8) is 0 Å². The summed E-state index contributed by atoms with van der Waals surface area (Å²) < 4.78 is 14.3. The second kappa shape index (κ2) is 13.6. The summed E-state index contributed by atoms with van der Waals surface area (Å²) in [5, 5.41) is 22.9. The van der Waals surface area contributed by atoms with E-state index in [1.165, 1.54) is 47.0 Å². The lowest BCUT2D eigenvalue weighted by Crippen LogP contribution is -1.99. The van der Waals surface area contributed by atoms with E-state index >= 15 is 0 Å². The third kappa shape index (κ3) is 6.73. The minimum atomic E-state index is 0.205. The van der Waals surface area contributed by atoms with E-state index in [0.717, 1.165) is 52.9 Å². The summed E-state index contributed by atoms with van der Waals surface area (Å²) >= 11 is 13.1. The first kappa shape index (κ1) is 29.9. The molecule has 40 heavy (non-hydrogen) atoms. The van der Waals surface area contributed by atoms with Crippen molar-refractivity contribution in [3.8, 4) is 23.0 Å². The minimum Gasteiger partial charge on any atom is -0.506 e. The molecule has 0 unspecified atom stereocenters. The van der Waals surface area contributed by atoms with Crippen LogP contribution in [0.4, 0.5) is 0 Å². The molecule has 0 spiro atoms. The Kier molecular flexibility index (Phi) is 10.2. The fraction of sp³-hybridized carbons (Fsp3) is 0.200. The zero-order chi connectivity index (χ0) is 28.2. The molecule has 4 aromatic carbocycles. The normalized spacial score (nSPS) is 12.7. The second-order valence-corrected chi connectivity index (χ2v) is 14.9. The molecule has 1 aliphatic heterocycles. The number of aromatic hydroxyl groups is 2. The van der Waals surface area contributed by atoms with Gasteiger partial charge in [-0.15, -0.1) is 0 Å². The molecule has 4 nitrogen and oxygen atoms in total. The molecule has 10 heteroatoms. The van der Waals surface area contributed by atoms with Gasteiger partial charge in [0.1, 0.15) is 23.0 Å². The quantitative estimate of drug-likeness (QED) is 0.179. The van der Waals surface area contributed by atoms with Crippen LogP contribution in [0.5, 0.6) is 23.0 Å². The minimum absolute atomic E-state index is 0.205. The van der Waals surface area contributed by atoms with Gasteiger partial charge in [0, 0.05) is 8.95 Å². The van der Waals surface area contributed by atoms with Crippen LogP contribution in [-0.4, -0.2) is 23.4 Å². The number of para-hydroxylation sites is 2. The number of fused-ring (bicyclic) bond motifs is 8. The van der Waals surface area contributed by atoms with Crippen molar-refractivity contribution in [1.82, 2.24) is 0 Å². The molecule has 5 rings (SSSR count). The fourth-order valence-corrected chi connectivity index (χ4v) is 9.82. The third-order valence-electron chi connectivity index (χ3n) is 5.68. The Hall–Kier alpha value is -1.56. The third-order valence-corrected chi connectivity index (χ3v) is 10.9. The van der Waals surface area contributed by atoms with E-state index in [-0.39, 0.29) is 11.5 Å². The van der Waals surface area contributed by atoms with Gasteiger partial charge in [-0.3, -0.25) is 0 Å². The van der Waals surface area contributed by atoms with Crippen molar-refractivity contribution in [2.45, 2.75) is 65.9 Å². The van der Waals surface area contributed by atoms with Crippen LogP contribution in [0.3, 0.4) is 0 Å². The van der Waals surface area contributed by atoms with E-state index in [4.69, 9.17) is 9.47 Å². The average Bonchev–Trinajstić information content (AvgIpc) is 2.92. The first-order valence-electron chi connectivity index (χ1n) is 12.7. The molecule has 0 atom stereocenters. The number of phenols is 2. The number of rotatable bonds is 6. The number of benzene rings is 4. The smallest absolute Gasteiger partial charge is 0.147 e. The summed E-state index contributed by atoms with van der Waals surface area (Å²) in [6.07, 6.45) is 1.71. The molecular weight excluding hydrogens is 712 g/mol. The molecule has 2 N–H and O–H groups in total. The number of hydrogen-bond donors (Lipinski definition) is 2. The highest BCUT2D eigenvalue weighted by molar-refractivity contribution is 9.10. The van der Waals surface area contributed by atoms with Crippen LogP contribution in [0, 0.1) is 0 Å². The van der Waals surface area contributed by atoms with Crippen LogP contribution in [0.15, 0.2) is 109 Å². The fourth-order valence-electron chi connectivity index (χ4n) is 3.89. The van der Waals surface area contributed by atoms with Crippen LogP contribution in [0.2, 0.25) is 0 Å². The van der Waals surface area contributed by atoms with Gasteiger partial charge in [0.05, 0.1) is 52.4 Å². The van der Waals surface area contributed by atoms with E-state index in [9.17, 15) is 10.2 Å². The van der Waals surface area contributed by atoms with Gasteiger partial charge in [-0.25, -0.2) is 0 Å². The number of ether oxygens (including phenoxy) is 2. The molecule has 0 aromatic heterocycles. The average molecular weight is 739 g/mol. The molecule has 208 valence electrons. The summed E-state index contributed by atoms with van der Waals surface area (Å²) in [6.45, 7) is 5.25. The largest absolute Gasteiger partial charge is 0.506 e. The van der Waals surface area contributed by atoms with Gasteiger partial charge in [0.25, 0.3) is 0 Å². The molecule has 1 aliphatic rings. The Morgan fingerprint density at radius 2 is 0.850 bits per heavy atom. The van der Waals surface area contributed by atoms with Crippen molar-refractivity contribution in [2.75, 3.05) is 13.2 Å². The Balaban J connectivity index is 1.75. The molecule has 8 bridgehead atoms. The van der Waals surface area contributed by atoms with E-state index in [1.807, 2.05) is 60.7 Å². The van der Waals surface area contributed by atoms with Crippen LogP contribution in [0.25, 0.3) is 0 Å². The zero-order valence-corrected chi connectivity index (χ0v) is 28.1. The summed E-state index contributed by atoms with van der Waals surface area (Å²) in [7, 11) is 0. The molecule has 4 aromatic rings. The molecule has 0 radical (unpaired) electrons. The Morgan fingerprint density at radius 3 is 1.12 bits per heavy atom. The summed E-state index contributed by atoms with van der Waals surface area (Å²) in [5.41, 5.74) is 0. The van der Waals surface area contributed by atoms with E-state index < -0.39 is 0 Å². The van der Waals surface area contributed by atoms with Crippen molar-refractivity contribution in [3.05, 3.63) is 69.6 Å². The van der Waals surface area contributed by atoms with Crippen molar-refractivity contribution < 1.29 is 19.7 Å². The topological polar surface area (TPSA) is 58.9 Å². The van der Waals surface area contributed by atoms with Crippen LogP contribution in [-0.2, 0) is 0 Å². The Bertz CT molecular complexity index is 1340. The van der Waals surface area contributed by atoms with Gasteiger partial charge < -0.3 is 19.7 Å². The van der Waals surface area contributed by atoms with Crippen LogP contribution < -0.4 is 9.47 Å². The van der Waals surface area contributed by atoms with Gasteiger partial charge in [-0.1, -0.05) is 105 Å². The molecule has 1 heterocycles. The standard InChI is InChI=1S/C30H26Br2O4S4/c1-3-11-35-29-19-7-5-8-20(29)38-24-14-18(32)16-26(28(24)34)40-22-10-6-9-21(30(22)36-12-4-2)39-25-15-17(31)13-23(37-19)27(25)33/h5-10,13-16,33-34H,3-4,11-12H2,1-2H3. The van der Waals surface area contributed by atoms with E-state index in [2.05, 4.69) is 45.7 Å². The van der Waals surface area contributed by atoms with Crippen molar-refractivity contribution in [2.24, 2.45) is 0 Å². The summed E-state index contributed by atoms with van der Waals surface area (Å²) in [5.74, 6) is 1.87. The van der Waals surface area contributed by atoms with Gasteiger partial charge >= 0.3 is 0 Å².